The minimum absolute atomic E-state index is 0.864. The van der Waals surface area contributed by atoms with Crippen LogP contribution in [0.15, 0.2) is 23.8 Å². The Labute approximate surface area is 74.8 Å². The Kier molecular flexibility index (Phi) is 3.78. The smallest absolute Gasteiger partial charge is 0.0150 e. The second kappa shape index (κ2) is 4.66. The summed E-state index contributed by atoms with van der Waals surface area (Å²) in [5.41, 5.74) is 1.38. The summed E-state index contributed by atoms with van der Waals surface area (Å²) in [6.07, 6.45) is 10.6. The molecule has 0 nitrogen and oxygen atoms in total. The lowest BCUT2D eigenvalue weighted by molar-refractivity contribution is 0.526. The Bertz CT molecular complexity index is 168. The van der Waals surface area contributed by atoms with Crippen molar-refractivity contribution in [2.24, 2.45) is 5.92 Å². The Hall–Kier alpha value is -0.170. The standard InChI is InChI=1S/C10H16S/c1-2-9-4-3-5-10(8-11)7-6-9/h3,5,7,9,11H,2,4,6,8H2,1H3. The van der Waals surface area contributed by atoms with E-state index >= 15 is 0 Å². The van der Waals surface area contributed by atoms with Gasteiger partial charge in [0.25, 0.3) is 0 Å². The van der Waals surface area contributed by atoms with Crippen LogP contribution in [-0.4, -0.2) is 5.75 Å². The molecule has 1 unspecified atom stereocenters. The van der Waals surface area contributed by atoms with Gasteiger partial charge in [-0.2, -0.15) is 12.6 Å². The first-order valence-electron chi connectivity index (χ1n) is 4.33. The predicted molar refractivity (Wildman–Crippen MR) is 54.1 cm³/mol. The van der Waals surface area contributed by atoms with Gasteiger partial charge in [0.1, 0.15) is 0 Å². The van der Waals surface area contributed by atoms with E-state index in [0.29, 0.717) is 0 Å². The molecule has 0 heterocycles. The van der Waals surface area contributed by atoms with Crippen LogP contribution < -0.4 is 0 Å². The molecular formula is C10H16S. The van der Waals surface area contributed by atoms with Crippen LogP contribution in [0.2, 0.25) is 0 Å². The summed E-state index contributed by atoms with van der Waals surface area (Å²) in [5.74, 6) is 1.75. The van der Waals surface area contributed by atoms with Crippen molar-refractivity contribution >= 4 is 12.6 Å². The van der Waals surface area contributed by atoms with Crippen LogP contribution in [0.25, 0.3) is 0 Å². The SMILES string of the molecule is CCC1CC=CC(CS)=CC1. The quantitative estimate of drug-likeness (QED) is 0.601. The van der Waals surface area contributed by atoms with Gasteiger partial charge < -0.3 is 0 Å². The molecule has 1 atom stereocenters. The van der Waals surface area contributed by atoms with Crippen LogP contribution in [0, 0.1) is 5.92 Å². The molecule has 0 N–H and O–H groups in total. The molecule has 1 heteroatoms. The molecule has 11 heavy (non-hydrogen) atoms. The Morgan fingerprint density at radius 3 is 3.00 bits per heavy atom. The van der Waals surface area contributed by atoms with Crippen molar-refractivity contribution in [2.75, 3.05) is 5.75 Å². The highest BCUT2D eigenvalue weighted by atomic mass is 32.1. The maximum atomic E-state index is 4.25. The first kappa shape index (κ1) is 8.92. The lowest BCUT2D eigenvalue weighted by Gasteiger charge is -2.06. The molecule has 0 bridgehead atoms. The van der Waals surface area contributed by atoms with Crippen LogP contribution in [0.1, 0.15) is 26.2 Å². The molecule has 0 aliphatic heterocycles. The fourth-order valence-electron chi connectivity index (χ4n) is 1.34. The maximum absolute atomic E-state index is 4.25. The normalized spacial score (nSPS) is 24.5. The van der Waals surface area contributed by atoms with Crippen LogP contribution >= 0.6 is 12.6 Å². The first-order valence-corrected chi connectivity index (χ1v) is 4.96. The second-order valence-electron chi connectivity index (χ2n) is 3.09. The summed E-state index contributed by atoms with van der Waals surface area (Å²) in [6, 6.07) is 0. The zero-order valence-electron chi connectivity index (χ0n) is 7.09. The van der Waals surface area contributed by atoms with E-state index in [4.69, 9.17) is 0 Å². The minimum atomic E-state index is 0.864. The third kappa shape index (κ3) is 2.74. The summed E-state index contributed by atoms with van der Waals surface area (Å²) in [4.78, 5) is 0. The van der Waals surface area contributed by atoms with Gasteiger partial charge in [-0.1, -0.05) is 31.6 Å². The van der Waals surface area contributed by atoms with Crippen molar-refractivity contribution in [3.05, 3.63) is 23.8 Å². The minimum Gasteiger partial charge on any atom is -0.175 e. The van der Waals surface area contributed by atoms with E-state index in [1.807, 2.05) is 0 Å². The molecule has 62 valence electrons. The third-order valence-corrected chi connectivity index (χ3v) is 2.64. The topological polar surface area (TPSA) is 0 Å². The summed E-state index contributed by atoms with van der Waals surface area (Å²) >= 11 is 4.25. The molecule has 1 rings (SSSR count). The van der Waals surface area contributed by atoms with E-state index in [0.717, 1.165) is 11.7 Å². The molecule has 0 fully saturated rings. The Balaban J connectivity index is 2.53. The largest absolute Gasteiger partial charge is 0.175 e. The van der Waals surface area contributed by atoms with Gasteiger partial charge in [-0.15, -0.1) is 0 Å². The third-order valence-electron chi connectivity index (χ3n) is 2.27. The number of allylic oxidation sites excluding steroid dienone is 3. The molecule has 0 saturated carbocycles. The van der Waals surface area contributed by atoms with Crippen molar-refractivity contribution in [3.63, 3.8) is 0 Å². The Morgan fingerprint density at radius 1 is 1.55 bits per heavy atom. The summed E-state index contributed by atoms with van der Waals surface area (Å²) in [5, 5.41) is 0. The van der Waals surface area contributed by atoms with E-state index < -0.39 is 0 Å². The lowest BCUT2D eigenvalue weighted by atomic mass is 9.99. The van der Waals surface area contributed by atoms with Gasteiger partial charge in [-0.3, -0.25) is 0 Å². The van der Waals surface area contributed by atoms with Crippen LogP contribution in [0.4, 0.5) is 0 Å². The molecule has 0 aromatic rings. The van der Waals surface area contributed by atoms with Crippen molar-refractivity contribution in [1.29, 1.82) is 0 Å². The molecular weight excluding hydrogens is 152 g/mol. The second-order valence-corrected chi connectivity index (χ2v) is 3.40. The average molecular weight is 168 g/mol. The molecule has 0 aromatic carbocycles. The summed E-state index contributed by atoms with van der Waals surface area (Å²) in [6.45, 7) is 2.26. The highest BCUT2D eigenvalue weighted by Gasteiger charge is 2.05. The van der Waals surface area contributed by atoms with E-state index in [1.165, 1.54) is 24.8 Å². The summed E-state index contributed by atoms with van der Waals surface area (Å²) < 4.78 is 0. The van der Waals surface area contributed by atoms with Gasteiger partial charge in [0.05, 0.1) is 0 Å². The van der Waals surface area contributed by atoms with Gasteiger partial charge in [0.2, 0.25) is 0 Å². The van der Waals surface area contributed by atoms with Gasteiger partial charge in [0.15, 0.2) is 0 Å². The van der Waals surface area contributed by atoms with Crippen molar-refractivity contribution in [3.8, 4) is 0 Å². The van der Waals surface area contributed by atoms with Gasteiger partial charge >= 0.3 is 0 Å². The lowest BCUT2D eigenvalue weighted by Crippen LogP contribution is -1.93. The van der Waals surface area contributed by atoms with Crippen LogP contribution in [-0.2, 0) is 0 Å². The molecule has 0 radical (unpaired) electrons. The van der Waals surface area contributed by atoms with Crippen molar-refractivity contribution < 1.29 is 0 Å². The zero-order valence-corrected chi connectivity index (χ0v) is 7.98. The maximum Gasteiger partial charge on any atom is 0.0150 e. The molecule has 0 amide bonds. The van der Waals surface area contributed by atoms with E-state index in [-0.39, 0.29) is 0 Å². The molecule has 0 aromatic heterocycles. The van der Waals surface area contributed by atoms with Gasteiger partial charge in [-0.05, 0) is 24.3 Å². The van der Waals surface area contributed by atoms with Gasteiger partial charge in [0, 0.05) is 5.75 Å². The highest BCUT2D eigenvalue weighted by molar-refractivity contribution is 7.80. The molecule has 1 aliphatic rings. The number of hydrogen-bond acceptors (Lipinski definition) is 1. The predicted octanol–water partition coefficient (Wildman–Crippen LogP) is 3.22. The number of rotatable bonds is 2. The fraction of sp³-hybridized carbons (Fsp3) is 0.600. The highest BCUT2D eigenvalue weighted by Crippen LogP contribution is 2.20. The monoisotopic (exact) mass is 168 g/mol. The number of thiol groups is 1. The fourth-order valence-corrected chi connectivity index (χ4v) is 1.58. The first-order chi connectivity index (χ1) is 5.36. The Morgan fingerprint density at radius 2 is 2.36 bits per heavy atom. The zero-order chi connectivity index (χ0) is 8.10. The molecule has 0 saturated heterocycles. The average Bonchev–Trinajstić information content (AvgIpc) is 2.28. The molecule has 0 spiro atoms. The number of hydrogen-bond donors (Lipinski definition) is 1. The summed E-state index contributed by atoms with van der Waals surface area (Å²) in [7, 11) is 0. The van der Waals surface area contributed by atoms with E-state index in [9.17, 15) is 0 Å². The van der Waals surface area contributed by atoms with Crippen LogP contribution in [0.5, 0.6) is 0 Å². The molecule has 1 aliphatic carbocycles. The van der Waals surface area contributed by atoms with Crippen molar-refractivity contribution in [2.45, 2.75) is 26.2 Å². The van der Waals surface area contributed by atoms with Gasteiger partial charge in [-0.25, -0.2) is 0 Å². The van der Waals surface area contributed by atoms with E-state index in [2.05, 4.69) is 37.8 Å². The van der Waals surface area contributed by atoms with E-state index in [1.54, 1.807) is 0 Å². The van der Waals surface area contributed by atoms with Crippen molar-refractivity contribution in [1.82, 2.24) is 0 Å². The van der Waals surface area contributed by atoms with Crippen LogP contribution in [0.3, 0.4) is 0 Å².